The first-order valence-corrected chi connectivity index (χ1v) is 13.1. The van der Waals surface area contributed by atoms with Crippen molar-refractivity contribution in [3.63, 3.8) is 0 Å². The maximum atomic E-state index is 2.37. The maximum absolute atomic E-state index is 2.37. The quantitative estimate of drug-likeness (QED) is 0.412. The van der Waals surface area contributed by atoms with E-state index >= 15 is 0 Å². The van der Waals surface area contributed by atoms with Gasteiger partial charge in [-0.1, -0.05) is 53.6 Å². The van der Waals surface area contributed by atoms with Gasteiger partial charge >= 0.3 is 0 Å². The van der Waals surface area contributed by atoms with Crippen LogP contribution in [0.3, 0.4) is 0 Å². The largest absolute Gasteiger partial charge is 0.338 e. The summed E-state index contributed by atoms with van der Waals surface area (Å²) in [4.78, 5) is 4.75. The van der Waals surface area contributed by atoms with Gasteiger partial charge in [0.15, 0.2) is 0 Å². The predicted molar refractivity (Wildman–Crippen MR) is 150 cm³/mol. The molecule has 1 heterocycles. The van der Waals surface area contributed by atoms with E-state index in [0.717, 1.165) is 0 Å². The molecule has 0 atom stereocenters. The van der Waals surface area contributed by atoms with Crippen molar-refractivity contribution in [1.82, 2.24) is 9.80 Å². The van der Waals surface area contributed by atoms with Gasteiger partial charge in [0.1, 0.15) is 9.13 Å². The number of rotatable bonds is 3. The molecule has 0 unspecified atom stereocenters. The van der Waals surface area contributed by atoms with Crippen LogP contribution in [0.5, 0.6) is 0 Å². The molecule has 34 heavy (non-hydrogen) atoms. The van der Waals surface area contributed by atoms with Gasteiger partial charge in [-0.05, 0) is 105 Å². The van der Waals surface area contributed by atoms with Crippen molar-refractivity contribution in [3.05, 3.63) is 87.2 Å². The highest BCUT2D eigenvalue weighted by Gasteiger charge is 2.25. The number of hydrogen-bond donors (Lipinski definition) is 0. The Morgan fingerprint density at radius 3 is 1.26 bits per heavy atom. The number of aryl methyl sites for hydroxylation is 6. The summed E-state index contributed by atoms with van der Waals surface area (Å²) in [5.74, 6) is 0. The maximum Gasteiger partial charge on any atom is 0.117 e. The fourth-order valence-electron chi connectivity index (χ4n) is 5.62. The highest BCUT2D eigenvalue weighted by atomic mass is 28.2. The van der Waals surface area contributed by atoms with E-state index in [-0.39, 0.29) is 0 Å². The van der Waals surface area contributed by atoms with E-state index in [0.29, 0.717) is 9.13 Å². The molecular weight excluding hydrogens is 428 g/mol. The zero-order chi connectivity index (χ0) is 24.9. The second-order valence-electron chi connectivity index (χ2n) is 10.0. The lowest BCUT2D eigenvalue weighted by Crippen LogP contribution is -2.37. The fraction of sp³-hybridized carbons (Fsp3) is 0.323. The van der Waals surface area contributed by atoms with Crippen LogP contribution in [-0.2, 0) is 0 Å². The molecule has 0 fully saturated rings. The molecule has 0 saturated carbocycles. The molecule has 2 nitrogen and oxygen atoms in total. The predicted octanol–water partition coefficient (Wildman–Crippen LogP) is 6.42. The lowest BCUT2D eigenvalue weighted by Gasteiger charge is -2.24. The van der Waals surface area contributed by atoms with Crippen molar-refractivity contribution in [2.75, 3.05) is 14.1 Å². The molecule has 1 radical (unpaired) electrons. The second-order valence-corrected chi connectivity index (χ2v) is 11.2. The molecule has 1 aliphatic rings. The first kappa shape index (κ1) is 24.2. The number of benzene rings is 3. The molecule has 0 aromatic heterocycles. The standard InChI is InChI=1S/C31H37N2Si/c1-18-14-20(3)28(21(4)15-18)26-12-11-13-27(29-22(5)16-19(2)17-23(29)6)30(26)34-31-32(9)24(7)25(8)33(31)10/h11-17H,1-10H3. The molecule has 0 saturated heterocycles. The molecule has 1 aliphatic heterocycles. The normalized spacial score (nSPS) is 13.9. The van der Waals surface area contributed by atoms with Gasteiger partial charge in [0.25, 0.3) is 0 Å². The van der Waals surface area contributed by atoms with Gasteiger partial charge in [0, 0.05) is 25.5 Å². The smallest absolute Gasteiger partial charge is 0.117 e. The summed E-state index contributed by atoms with van der Waals surface area (Å²) in [5.41, 5.74) is 17.5. The Morgan fingerprint density at radius 1 is 0.559 bits per heavy atom. The minimum atomic E-state index is 0.546. The summed E-state index contributed by atoms with van der Waals surface area (Å²) in [5, 5.41) is 1.43. The van der Waals surface area contributed by atoms with Gasteiger partial charge in [-0.25, -0.2) is 0 Å². The molecule has 0 N–H and O–H groups in total. The van der Waals surface area contributed by atoms with Crippen LogP contribution in [0.25, 0.3) is 22.3 Å². The lowest BCUT2D eigenvalue weighted by molar-refractivity contribution is 0.592. The zero-order valence-electron chi connectivity index (χ0n) is 22.4. The van der Waals surface area contributed by atoms with Crippen molar-refractivity contribution in [2.45, 2.75) is 55.4 Å². The minimum absolute atomic E-state index is 0.546. The third kappa shape index (κ3) is 4.07. The summed E-state index contributed by atoms with van der Waals surface area (Å²) in [6, 6.07) is 16.2. The van der Waals surface area contributed by atoms with Crippen molar-refractivity contribution in [3.8, 4) is 22.3 Å². The van der Waals surface area contributed by atoms with Gasteiger partial charge in [-0.2, -0.15) is 0 Å². The van der Waals surface area contributed by atoms with E-state index in [9.17, 15) is 0 Å². The van der Waals surface area contributed by atoms with Gasteiger partial charge in [0.05, 0.1) is 5.42 Å². The summed E-state index contributed by atoms with van der Waals surface area (Å²) in [6.45, 7) is 17.9. The van der Waals surface area contributed by atoms with Crippen LogP contribution in [0.1, 0.15) is 47.2 Å². The third-order valence-electron chi connectivity index (χ3n) is 7.36. The van der Waals surface area contributed by atoms with Gasteiger partial charge in [-0.15, -0.1) is 0 Å². The molecular formula is C31H37N2Si. The fourth-order valence-corrected chi connectivity index (χ4v) is 7.20. The second kappa shape index (κ2) is 9.03. The van der Waals surface area contributed by atoms with Crippen LogP contribution in [0.15, 0.2) is 53.9 Å². The van der Waals surface area contributed by atoms with Crippen LogP contribution in [0, 0.1) is 41.5 Å². The van der Waals surface area contributed by atoms with Gasteiger partial charge in [-0.3, -0.25) is 0 Å². The lowest BCUT2D eigenvalue weighted by atomic mass is 9.89. The molecule has 3 aromatic carbocycles. The number of hydrogen-bond acceptors (Lipinski definition) is 2. The van der Waals surface area contributed by atoms with Crippen molar-refractivity contribution in [1.29, 1.82) is 0 Å². The molecule has 175 valence electrons. The summed E-state index contributed by atoms with van der Waals surface area (Å²) in [7, 11) is 4.96. The van der Waals surface area contributed by atoms with E-state index in [2.05, 4.69) is 122 Å². The van der Waals surface area contributed by atoms with E-state index in [1.165, 1.54) is 77.6 Å². The molecule has 3 heteroatoms. The Balaban J connectivity index is 2.09. The zero-order valence-corrected chi connectivity index (χ0v) is 23.4. The molecule has 3 aromatic rings. The van der Waals surface area contributed by atoms with Crippen LogP contribution in [0.2, 0.25) is 0 Å². The Bertz CT molecular complexity index is 1220. The molecule has 4 rings (SSSR count). The molecule has 0 amide bonds. The van der Waals surface area contributed by atoms with Crippen LogP contribution < -0.4 is 5.19 Å². The number of nitrogens with zero attached hydrogens (tertiary/aromatic N) is 2. The average molecular weight is 466 g/mol. The van der Waals surface area contributed by atoms with Crippen LogP contribution in [-0.4, -0.2) is 38.4 Å². The summed E-state index contributed by atoms with van der Waals surface area (Å²) in [6.07, 6.45) is 0. The van der Waals surface area contributed by atoms with E-state index in [1.807, 2.05) is 0 Å². The number of allylic oxidation sites excluding steroid dienone is 2. The van der Waals surface area contributed by atoms with Crippen molar-refractivity contribution in [2.24, 2.45) is 0 Å². The molecule has 0 bridgehead atoms. The monoisotopic (exact) mass is 465 g/mol. The Morgan fingerprint density at radius 2 is 0.912 bits per heavy atom. The first-order chi connectivity index (χ1) is 16.0. The van der Waals surface area contributed by atoms with Crippen LogP contribution >= 0.6 is 0 Å². The topological polar surface area (TPSA) is 6.48 Å². The van der Waals surface area contributed by atoms with Gasteiger partial charge < -0.3 is 9.80 Å². The average Bonchev–Trinajstić information content (AvgIpc) is 2.91. The summed E-state index contributed by atoms with van der Waals surface area (Å²) >= 11 is 0. The molecule has 0 spiro atoms. The highest BCUT2D eigenvalue weighted by Crippen LogP contribution is 2.33. The first-order valence-electron chi connectivity index (χ1n) is 12.1. The van der Waals surface area contributed by atoms with E-state index in [4.69, 9.17) is 0 Å². The van der Waals surface area contributed by atoms with Gasteiger partial charge in [0.2, 0.25) is 0 Å². The Kier molecular flexibility index (Phi) is 6.43. The minimum Gasteiger partial charge on any atom is -0.338 e. The van der Waals surface area contributed by atoms with Crippen molar-refractivity contribution < 1.29 is 0 Å². The Hall–Kier alpha value is -2.91. The highest BCUT2D eigenvalue weighted by molar-refractivity contribution is 6.68. The van der Waals surface area contributed by atoms with E-state index in [1.54, 1.807) is 0 Å². The van der Waals surface area contributed by atoms with Crippen LogP contribution in [0.4, 0.5) is 0 Å². The van der Waals surface area contributed by atoms with Crippen molar-refractivity contribution >= 4 is 19.7 Å². The Labute approximate surface area is 208 Å². The SMILES string of the molecule is CC1=C(C)N(C)C(=[Si]c2c(-c3c(C)cc(C)cc3C)cccc2-c2c(C)cc(C)cc2C)N1C. The van der Waals surface area contributed by atoms with E-state index < -0.39 is 0 Å². The molecule has 0 aliphatic carbocycles. The summed E-state index contributed by atoms with van der Waals surface area (Å²) < 4.78 is 0. The third-order valence-corrected chi connectivity index (χ3v) is 9.04.